The Morgan fingerprint density at radius 1 is 1.11 bits per heavy atom. The number of nitrogens with zero attached hydrogens (tertiary/aromatic N) is 1. The molecule has 0 bridgehead atoms. The number of halogens is 1. The van der Waals surface area contributed by atoms with Crippen molar-refractivity contribution >= 4 is 13.3 Å². The van der Waals surface area contributed by atoms with Crippen LogP contribution in [0.3, 0.4) is 0 Å². The molecule has 2 atom stereocenters. The highest BCUT2D eigenvalue weighted by Gasteiger charge is 2.26. The van der Waals surface area contributed by atoms with Gasteiger partial charge in [-0.25, -0.2) is 4.39 Å². The lowest BCUT2D eigenvalue weighted by atomic mass is 9.84. The number of hydrogen-bond acceptors (Lipinski definition) is 4. The number of rotatable bonds is 6. The van der Waals surface area contributed by atoms with Crippen molar-refractivity contribution in [1.82, 2.24) is 4.98 Å². The molecule has 6 nitrogen and oxygen atoms in total. The van der Waals surface area contributed by atoms with E-state index in [1.54, 1.807) is 12.1 Å². The number of carboxylic acids is 1. The Balaban J connectivity index is 2.26. The molecule has 0 aliphatic rings. The van der Waals surface area contributed by atoms with Gasteiger partial charge in [0.2, 0.25) is 0 Å². The van der Waals surface area contributed by atoms with Crippen LogP contribution in [0, 0.1) is 24.3 Å². The summed E-state index contributed by atoms with van der Waals surface area (Å²) in [6.45, 7) is 7.83. The Morgan fingerprint density at radius 2 is 1.75 bits per heavy atom. The SMILES string of the molecule is Cc1ccccc1-c1cc(-c2ccc(F)cc2)c(C#CP(=O)(O)C[C@@H](O)CC(=O)O)c(C(C)(C)C)n1. The molecule has 0 aliphatic heterocycles. The molecule has 0 fully saturated rings. The summed E-state index contributed by atoms with van der Waals surface area (Å²) in [6.07, 6.45) is -2.84. The number of aliphatic hydroxyl groups excluding tert-OH is 1. The first-order valence-corrected chi connectivity index (χ1v) is 13.2. The fraction of sp³-hybridized carbons (Fsp3) is 0.286. The van der Waals surface area contributed by atoms with Crippen molar-refractivity contribution in [3.63, 3.8) is 0 Å². The highest BCUT2D eigenvalue weighted by molar-refractivity contribution is 7.63. The van der Waals surface area contributed by atoms with Crippen LogP contribution < -0.4 is 0 Å². The minimum absolute atomic E-state index is 0.400. The van der Waals surface area contributed by atoms with Gasteiger partial charge < -0.3 is 15.1 Å². The molecule has 3 N–H and O–H groups in total. The minimum atomic E-state index is -4.20. The smallest absolute Gasteiger partial charge is 0.305 e. The average molecular weight is 510 g/mol. The number of hydrogen-bond donors (Lipinski definition) is 3. The highest BCUT2D eigenvalue weighted by atomic mass is 31.2. The number of aromatic nitrogens is 1. The van der Waals surface area contributed by atoms with Crippen LogP contribution in [0.15, 0.2) is 54.6 Å². The first kappa shape index (κ1) is 27.3. The van der Waals surface area contributed by atoms with Crippen molar-refractivity contribution in [2.24, 2.45) is 0 Å². The third-order valence-corrected chi connectivity index (χ3v) is 6.91. The first-order valence-electron chi connectivity index (χ1n) is 11.4. The number of carboxylic acid groups (broad SMARTS) is 1. The van der Waals surface area contributed by atoms with Crippen LogP contribution in [0.2, 0.25) is 0 Å². The van der Waals surface area contributed by atoms with E-state index in [0.29, 0.717) is 28.1 Å². The zero-order valence-corrected chi connectivity index (χ0v) is 21.5. The third-order valence-electron chi connectivity index (χ3n) is 5.53. The molecule has 0 aliphatic carbocycles. The molecule has 8 heteroatoms. The fourth-order valence-electron chi connectivity index (χ4n) is 3.81. The predicted octanol–water partition coefficient (Wildman–Crippen LogP) is 5.58. The zero-order chi connectivity index (χ0) is 26.7. The second-order valence-electron chi connectivity index (χ2n) is 9.72. The predicted molar refractivity (Wildman–Crippen MR) is 138 cm³/mol. The van der Waals surface area contributed by atoms with Crippen LogP contribution in [-0.4, -0.2) is 38.3 Å². The topological polar surface area (TPSA) is 108 Å². The molecular weight excluding hydrogens is 480 g/mol. The monoisotopic (exact) mass is 509 g/mol. The largest absolute Gasteiger partial charge is 0.481 e. The fourth-order valence-corrected chi connectivity index (χ4v) is 4.89. The first-order chi connectivity index (χ1) is 16.8. The summed E-state index contributed by atoms with van der Waals surface area (Å²) in [5, 5.41) is 18.7. The summed E-state index contributed by atoms with van der Waals surface area (Å²) in [7, 11) is -4.20. The van der Waals surface area contributed by atoms with E-state index in [2.05, 4.69) is 11.6 Å². The summed E-state index contributed by atoms with van der Waals surface area (Å²) in [6, 6.07) is 15.5. The minimum Gasteiger partial charge on any atom is -0.481 e. The van der Waals surface area contributed by atoms with Crippen LogP contribution in [0.1, 0.15) is 44.0 Å². The van der Waals surface area contributed by atoms with Crippen LogP contribution in [0.5, 0.6) is 0 Å². The van der Waals surface area contributed by atoms with E-state index in [-0.39, 0.29) is 0 Å². The van der Waals surface area contributed by atoms with Crippen LogP contribution in [0.25, 0.3) is 22.4 Å². The van der Waals surface area contributed by atoms with E-state index in [4.69, 9.17) is 10.1 Å². The van der Waals surface area contributed by atoms with Gasteiger partial charge in [0, 0.05) is 16.5 Å². The molecule has 188 valence electrons. The molecule has 1 unspecified atom stereocenters. The van der Waals surface area contributed by atoms with E-state index in [1.807, 2.05) is 58.0 Å². The molecule has 0 saturated heterocycles. The van der Waals surface area contributed by atoms with Gasteiger partial charge in [0.1, 0.15) is 5.82 Å². The van der Waals surface area contributed by atoms with Gasteiger partial charge in [0.25, 0.3) is 7.37 Å². The molecule has 36 heavy (non-hydrogen) atoms. The van der Waals surface area contributed by atoms with Gasteiger partial charge in [-0.3, -0.25) is 14.3 Å². The molecular formula is C28H29FNO5P. The van der Waals surface area contributed by atoms with Crippen LogP contribution in [-0.2, 0) is 14.8 Å². The quantitative estimate of drug-likeness (QED) is 0.296. The van der Waals surface area contributed by atoms with Crippen LogP contribution >= 0.6 is 7.37 Å². The maximum atomic E-state index is 13.7. The standard InChI is InChI=1S/C28H29FNO5P/c1-18-7-5-6-8-22(18)25-16-24(19-9-11-20(29)12-10-19)23(27(30-25)28(2,3)4)13-14-36(34,35)17-21(31)15-26(32)33/h5-12,16,21,31H,15,17H2,1-4H3,(H,32,33)(H,34,35)/t21-/m0/s1. The lowest BCUT2D eigenvalue weighted by Crippen LogP contribution is -2.18. The Kier molecular flexibility index (Phi) is 8.15. The highest BCUT2D eigenvalue weighted by Crippen LogP contribution is 2.41. The van der Waals surface area contributed by atoms with Crippen molar-refractivity contribution in [3.05, 3.63) is 77.2 Å². The lowest BCUT2D eigenvalue weighted by Gasteiger charge is -2.23. The van der Waals surface area contributed by atoms with E-state index in [9.17, 15) is 23.7 Å². The van der Waals surface area contributed by atoms with Gasteiger partial charge in [-0.15, -0.1) is 0 Å². The normalized spacial score (nSPS) is 13.9. The van der Waals surface area contributed by atoms with Crippen LogP contribution in [0.4, 0.5) is 4.39 Å². The molecule has 0 amide bonds. The number of aliphatic carboxylic acids is 1. The summed E-state index contributed by atoms with van der Waals surface area (Å²) >= 11 is 0. The summed E-state index contributed by atoms with van der Waals surface area (Å²) in [5.74, 6) is 1.14. The lowest BCUT2D eigenvalue weighted by molar-refractivity contribution is -0.138. The molecule has 0 radical (unpaired) electrons. The van der Waals surface area contributed by atoms with Gasteiger partial charge in [0.05, 0.1) is 35.6 Å². The van der Waals surface area contributed by atoms with Gasteiger partial charge in [-0.05, 0) is 41.9 Å². The molecule has 1 heterocycles. The van der Waals surface area contributed by atoms with Crippen molar-refractivity contribution in [2.75, 3.05) is 6.16 Å². The van der Waals surface area contributed by atoms with Crippen molar-refractivity contribution in [1.29, 1.82) is 0 Å². The molecule has 0 spiro atoms. The van der Waals surface area contributed by atoms with Gasteiger partial charge in [0.15, 0.2) is 0 Å². The van der Waals surface area contributed by atoms with E-state index < -0.39 is 43.3 Å². The Hall–Kier alpha value is -3.30. The van der Waals surface area contributed by atoms with Gasteiger partial charge in [-0.1, -0.05) is 63.1 Å². The zero-order valence-electron chi connectivity index (χ0n) is 20.6. The maximum absolute atomic E-state index is 13.7. The summed E-state index contributed by atoms with van der Waals surface area (Å²) in [5.41, 5.74) is 6.75. The van der Waals surface area contributed by atoms with E-state index in [1.165, 1.54) is 12.1 Å². The second kappa shape index (κ2) is 10.8. The van der Waals surface area contributed by atoms with Crippen molar-refractivity contribution in [3.8, 4) is 34.0 Å². The molecule has 1 aromatic heterocycles. The van der Waals surface area contributed by atoms with Gasteiger partial charge >= 0.3 is 5.97 Å². The molecule has 3 rings (SSSR count). The maximum Gasteiger partial charge on any atom is 0.305 e. The van der Waals surface area contributed by atoms with Crippen molar-refractivity contribution < 1.29 is 28.9 Å². The number of benzene rings is 2. The van der Waals surface area contributed by atoms with Gasteiger partial charge in [-0.2, -0.15) is 0 Å². The Labute approximate surface area is 210 Å². The van der Waals surface area contributed by atoms with Crippen molar-refractivity contribution in [2.45, 2.75) is 45.6 Å². The molecule has 2 aromatic carbocycles. The third kappa shape index (κ3) is 6.89. The molecule has 0 saturated carbocycles. The van der Waals surface area contributed by atoms with E-state index >= 15 is 0 Å². The number of pyridine rings is 1. The Morgan fingerprint density at radius 3 is 2.33 bits per heavy atom. The number of carbonyl (C=O) groups is 1. The average Bonchev–Trinajstić information content (AvgIpc) is 2.76. The Bertz CT molecular complexity index is 1380. The molecule has 3 aromatic rings. The summed E-state index contributed by atoms with van der Waals surface area (Å²) < 4.78 is 26.4. The summed E-state index contributed by atoms with van der Waals surface area (Å²) in [4.78, 5) is 26.1. The number of aryl methyl sites for hydroxylation is 1. The van der Waals surface area contributed by atoms with E-state index in [0.717, 1.165) is 11.1 Å². The number of aliphatic hydroxyl groups is 1. The second-order valence-corrected chi connectivity index (χ2v) is 11.7.